The molecule has 0 bridgehead atoms. The molecule has 4 amide bonds. The number of amides is 4. The molecule has 1 fully saturated rings. The fourth-order valence-electron chi connectivity index (χ4n) is 3.87. The van der Waals surface area contributed by atoms with E-state index in [1.807, 2.05) is 49.4 Å². The van der Waals surface area contributed by atoms with E-state index in [1.54, 1.807) is 11.8 Å². The first-order chi connectivity index (χ1) is 13.4. The van der Waals surface area contributed by atoms with E-state index in [-0.39, 0.29) is 12.5 Å². The summed E-state index contributed by atoms with van der Waals surface area (Å²) in [6.07, 6.45) is 0.781. The number of nitrogens with one attached hydrogen (secondary N) is 1. The third kappa shape index (κ3) is 3.05. The van der Waals surface area contributed by atoms with Crippen LogP contribution in [-0.2, 0) is 28.1 Å². The van der Waals surface area contributed by atoms with Crippen LogP contribution in [-0.4, -0.2) is 40.7 Å². The molecule has 2 aliphatic rings. The van der Waals surface area contributed by atoms with Gasteiger partial charge in [0.1, 0.15) is 12.1 Å². The number of aryl methyl sites for hydroxylation is 1. The Labute approximate surface area is 164 Å². The molecule has 2 aromatic carbocycles. The number of hydrogen-bond donors (Lipinski definition) is 1. The average Bonchev–Trinajstić information content (AvgIpc) is 2.92. The highest BCUT2D eigenvalue weighted by Crippen LogP contribution is 2.29. The molecule has 144 valence electrons. The van der Waals surface area contributed by atoms with Gasteiger partial charge in [0.15, 0.2) is 0 Å². The van der Waals surface area contributed by atoms with Gasteiger partial charge in [0.25, 0.3) is 5.91 Å². The largest absolute Gasteiger partial charge is 0.336 e. The predicted molar refractivity (Wildman–Crippen MR) is 104 cm³/mol. The SMILES string of the molecule is Cc1ccc([C@]2(C)NC(=O)N(CC(=O)N3CCc4ccccc4C3)C2=O)cc1. The van der Waals surface area contributed by atoms with Crippen molar-refractivity contribution in [3.63, 3.8) is 0 Å². The number of carbonyl (C=O) groups is 3. The Kier molecular flexibility index (Phi) is 4.41. The molecule has 2 aromatic rings. The molecule has 0 saturated carbocycles. The molecule has 0 unspecified atom stereocenters. The molecular weight excluding hydrogens is 354 g/mol. The molecule has 2 heterocycles. The van der Waals surface area contributed by atoms with Crippen LogP contribution >= 0.6 is 0 Å². The van der Waals surface area contributed by atoms with E-state index >= 15 is 0 Å². The van der Waals surface area contributed by atoms with Crippen LogP contribution in [0.2, 0.25) is 0 Å². The van der Waals surface area contributed by atoms with Crippen LogP contribution in [0.1, 0.15) is 29.2 Å². The van der Waals surface area contributed by atoms with Crippen molar-refractivity contribution < 1.29 is 14.4 Å². The molecule has 1 saturated heterocycles. The number of urea groups is 1. The van der Waals surface area contributed by atoms with Gasteiger partial charge in [0, 0.05) is 13.1 Å². The highest BCUT2D eigenvalue weighted by molar-refractivity contribution is 6.09. The smallest absolute Gasteiger partial charge is 0.325 e. The standard InChI is InChI=1S/C22H23N3O3/c1-15-7-9-18(10-8-15)22(2)20(27)25(21(28)23-22)14-19(26)24-12-11-16-5-3-4-6-17(16)13-24/h3-10H,11-14H2,1-2H3,(H,23,28)/t22-/m0/s1. The van der Waals surface area contributed by atoms with E-state index in [4.69, 9.17) is 0 Å². The first-order valence-corrected chi connectivity index (χ1v) is 9.44. The van der Waals surface area contributed by atoms with Crippen molar-refractivity contribution in [2.24, 2.45) is 0 Å². The van der Waals surface area contributed by atoms with Crippen LogP contribution in [0.5, 0.6) is 0 Å². The molecule has 4 rings (SSSR count). The van der Waals surface area contributed by atoms with Crippen molar-refractivity contribution in [3.8, 4) is 0 Å². The van der Waals surface area contributed by atoms with Crippen LogP contribution in [0.15, 0.2) is 48.5 Å². The average molecular weight is 377 g/mol. The van der Waals surface area contributed by atoms with Gasteiger partial charge in [-0.05, 0) is 37.0 Å². The van der Waals surface area contributed by atoms with Gasteiger partial charge in [-0.3, -0.25) is 14.5 Å². The minimum Gasteiger partial charge on any atom is -0.336 e. The van der Waals surface area contributed by atoms with Crippen LogP contribution in [0, 0.1) is 6.92 Å². The molecular formula is C22H23N3O3. The normalized spacial score (nSPS) is 21.5. The number of imide groups is 1. The Morgan fingerprint density at radius 3 is 2.46 bits per heavy atom. The second-order valence-electron chi connectivity index (χ2n) is 7.65. The second kappa shape index (κ2) is 6.78. The van der Waals surface area contributed by atoms with E-state index in [2.05, 4.69) is 11.4 Å². The Bertz CT molecular complexity index is 954. The maximum absolute atomic E-state index is 13.0. The molecule has 2 aliphatic heterocycles. The lowest BCUT2D eigenvalue weighted by molar-refractivity contribution is -0.139. The van der Waals surface area contributed by atoms with Crippen LogP contribution in [0.4, 0.5) is 4.79 Å². The zero-order valence-electron chi connectivity index (χ0n) is 16.1. The number of fused-ring (bicyclic) bond motifs is 1. The summed E-state index contributed by atoms with van der Waals surface area (Å²) >= 11 is 0. The summed E-state index contributed by atoms with van der Waals surface area (Å²) in [7, 11) is 0. The highest BCUT2D eigenvalue weighted by atomic mass is 16.2. The van der Waals surface area contributed by atoms with Gasteiger partial charge in [0.2, 0.25) is 5.91 Å². The van der Waals surface area contributed by atoms with E-state index in [9.17, 15) is 14.4 Å². The van der Waals surface area contributed by atoms with Gasteiger partial charge in [-0.25, -0.2) is 4.79 Å². The Morgan fingerprint density at radius 1 is 1.07 bits per heavy atom. The summed E-state index contributed by atoms with van der Waals surface area (Å²) in [6, 6.07) is 15.0. The van der Waals surface area contributed by atoms with Gasteiger partial charge in [-0.2, -0.15) is 0 Å². The number of carbonyl (C=O) groups excluding carboxylic acids is 3. The Hall–Kier alpha value is -3.15. The molecule has 0 aliphatic carbocycles. The molecule has 0 radical (unpaired) electrons. The van der Waals surface area contributed by atoms with Crippen molar-refractivity contribution in [1.82, 2.24) is 15.1 Å². The van der Waals surface area contributed by atoms with Crippen molar-refractivity contribution in [2.75, 3.05) is 13.1 Å². The number of benzene rings is 2. The second-order valence-corrected chi connectivity index (χ2v) is 7.65. The van der Waals surface area contributed by atoms with Gasteiger partial charge in [-0.1, -0.05) is 54.1 Å². The minimum absolute atomic E-state index is 0.217. The fourth-order valence-corrected chi connectivity index (χ4v) is 3.87. The van der Waals surface area contributed by atoms with E-state index in [1.165, 1.54) is 5.56 Å². The number of rotatable bonds is 3. The fraction of sp³-hybridized carbons (Fsp3) is 0.318. The van der Waals surface area contributed by atoms with Gasteiger partial charge >= 0.3 is 6.03 Å². The lowest BCUT2D eigenvalue weighted by Gasteiger charge is -2.30. The lowest BCUT2D eigenvalue weighted by atomic mass is 9.91. The topological polar surface area (TPSA) is 69.7 Å². The molecule has 28 heavy (non-hydrogen) atoms. The molecule has 6 heteroatoms. The summed E-state index contributed by atoms with van der Waals surface area (Å²) in [4.78, 5) is 41.0. The first kappa shape index (κ1) is 18.2. The van der Waals surface area contributed by atoms with E-state index in [0.29, 0.717) is 18.7 Å². The first-order valence-electron chi connectivity index (χ1n) is 9.44. The molecule has 6 nitrogen and oxygen atoms in total. The van der Waals surface area contributed by atoms with Gasteiger partial charge in [0.05, 0.1) is 0 Å². The van der Waals surface area contributed by atoms with Gasteiger partial charge in [-0.15, -0.1) is 0 Å². The lowest BCUT2D eigenvalue weighted by Crippen LogP contribution is -2.45. The maximum Gasteiger partial charge on any atom is 0.325 e. The maximum atomic E-state index is 13.0. The summed E-state index contributed by atoms with van der Waals surface area (Å²) in [5, 5.41) is 2.76. The van der Waals surface area contributed by atoms with Gasteiger partial charge < -0.3 is 10.2 Å². The predicted octanol–water partition coefficient (Wildman–Crippen LogP) is 2.35. The Balaban J connectivity index is 1.49. The highest BCUT2D eigenvalue weighted by Gasteiger charge is 2.49. The third-order valence-corrected chi connectivity index (χ3v) is 5.68. The zero-order valence-corrected chi connectivity index (χ0v) is 16.1. The van der Waals surface area contributed by atoms with Crippen LogP contribution in [0.25, 0.3) is 0 Å². The molecule has 0 aromatic heterocycles. The Morgan fingerprint density at radius 2 is 1.75 bits per heavy atom. The summed E-state index contributed by atoms with van der Waals surface area (Å²) in [5.41, 5.74) is 2.98. The minimum atomic E-state index is -1.15. The number of nitrogens with zero attached hydrogens (tertiary/aromatic N) is 2. The monoisotopic (exact) mass is 377 g/mol. The van der Waals surface area contributed by atoms with Crippen molar-refractivity contribution >= 4 is 17.8 Å². The third-order valence-electron chi connectivity index (χ3n) is 5.68. The quantitative estimate of drug-likeness (QED) is 0.835. The summed E-state index contributed by atoms with van der Waals surface area (Å²) in [6.45, 7) is 4.50. The van der Waals surface area contributed by atoms with E-state index < -0.39 is 17.5 Å². The summed E-state index contributed by atoms with van der Waals surface area (Å²) in [5.74, 6) is -0.613. The molecule has 0 spiro atoms. The van der Waals surface area contributed by atoms with Crippen LogP contribution < -0.4 is 5.32 Å². The number of hydrogen-bond acceptors (Lipinski definition) is 3. The van der Waals surface area contributed by atoms with Crippen molar-refractivity contribution in [2.45, 2.75) is 32.4 Å². The van der Waals surface area contributed by atoms with Crippen molar-refractivity contribution in [3.05, 3.63) is 70.8 Å². The molecule has 1 N–H and O–H groups in total. The zero-order chi connectivity index (χ0) is 19.9. The van der Waals surface area contributed by atoms with Crippen molar-refractivity contribution in [1.29, 1.82) is 0 Å². The van der Waals surface area contributed by atoms with E-state index in [0.717, 1.165) is 22.4 Å². The molecule has 1 atom stereocenters. The summed E-state index contributed by atoms with van der Waals surface area (Å²) < 4.78 is 0. The van der Waals surface area contributed by atoms with Crippen LogP contribution in [0.3, 0.4) is 0 Å².